The minimum absolute atomic E-state index is 0.309. The van der Waals surface area contributed by atoms with Crippen LogP contribution in [0.4, 0.5) is 11.4 Å². The quantitative estimate of drug-likeness (QED) is 0.445. The second-order valence-electron chi connectivity index (χ2n) is 8.50. The van der Waals surface area contributed by atoms with Crippen LogP contribution in [-0.4, -0.2) is 39.7 Å². The summed E-state index contributed by atoms with van der Waals surface area (Å²) < 4.78 is 7.18. The topological polar surface area (TPSA) is 93.5 Å². The molecule has 0 radical (unpaired) electrons. The lowest BCUT2D eigenvalue weighted by molar-refractivity contribution is -0.128. The van der Waals surface area contributed by atoms with Crippen LogP contribution in [0, 0.1) is 6.92 Å². The minimum Gasteiger partial charge on any atom is -0.451 e. The molecule has 0 atom stereocenters. The van der Waals surface area contributed by atoms with Crippen molar-refractivity contribution in [2.45, 2.75) is 26.3 Å². The first-order valence-corrected chi connectivity index (χ1v) is 11.5. The molecule has 8 nitrogen and oxygen atoms in total. The Balaban J connectivity index is 1.38. The molecule has 3 heterocycles. The first kappa shape index (κ1) is 21.8. The lowest BCUT2D eigenvalue weighted by atomic mass is 9.96. The summed E-state index contributed by atoms with van der Waals surface area (Å²) in [6, 6.07) is 18.4. The lowest BCUT2D eigenvalue weighted by Gasteiger charge is -2.41. The molecule has 2 aromatic heterocycles. The highest BCUT2D eigenvalue weighted by Crippen LogP contribution is 2.37. The fraction of sp³-hybridized carbons (Fsp3) is 0.200. The number of ether oxygens (including phenoxy) is 1. The number of hydrogen-bond donors (Lipinski definition) is 1. The molecular weight excluding hydrogens is 452 g/mol. The third-order valence-corrected chi connectivity index (χ3v) is 6.92. The van der Waals surface area contributed by atoms with E-state index >= 15 is 0 Å². The van der Waals surface area contributed by atoms with E-state index in [1.807, 2.05) is 37.3 Å². The number of esters is 1. The van der Waals surface area contributed by atoms with E-state index in [1.165, 1.54) is 16.2 Å². The Hall–Kier alpha value is -3.98. The van der Waals surface area contributed by atoms with Crippen molar-refractivity contribution in [2.75, 3.05) is 16.8 Å². The molecule has 0 bridgehead atoms. The summed E-state index contributed by atoms with van der Waals surface area (Å²) in [6.45, 7) is 4.71. The van der Waals surface area contributed by atoms with Gasteiger partial charge in [-0.2, -0.15) is 5.10 Å². The Kier molecular flexibility index (Phi) is 5.21. The number of hydrogen-bond acceptors (Lipinski definition) is 6. The number of carbonyl (C=O) groups excluding carboxylic acids is 3. The second kappa shape index (κ2) is 8.11. The number of aryl methyl sites for hydroxylation is 1. The summed E-state index contributed by atoms with van der Waals surface area (Å²) in [5.41, 5.74) is 1.65. The molecule has 2 amide bonds. The van der Waals surface area contributed by atoms with Gasteiger partial charge in [0.2, 0.25) is 5.91 Å². The molecule has 172 valence electrons. The first-order chi connectivity index (χ1) is 16.3. The van der Waals surface area contributed by atoms with Crippen molar-refractivity contribution in [2.24, 2.45) is 0 Å². The van der Waals surface area contributed by atoms with Gasteiger partial charge in [-0.3, -0.25) is 14.5 Å². The van der Waals surface area contributed by atoms with Gasteiger partial charge in [0.05, 0.1) is 22.8 Å². The zero-order valence-electron chi connectivity index (χ0n) is 18.9. The summed E-state index contributed by atoms with van der Waals surface area (Å²) in [5, 5.41) is 8.25. The maximum Gasteiger partial charge on any atom is 0.348 e. The summed E-state index contributed by atoms with van der Waals surface area (Å²) in [4.78, 5) is 41.1. The second-order valence-corrected chi connectivity index (χ2v) is 9.53. The Labute approximate surface area is 199 Å². The number of para-hydroxylation sites is 3. The fourth-order valence-corrected chi connectivity index (χ4v) is 5.13. The molecule has 0 spiro atoms. The predicted octanol–water partition coefficient (Wildman–Crippen LogP) is 4.32. The van der Waals surface area contributed by atoms with Gasteiger partial charge in [0.25, 0.3) is 5.91 Å². The van der Waals surface area contributed by atoms with Crippen molar-refractivity contribution in [3.8, 4) is 5.69 Å². The zero-order valence-corrected chi connectivity index (χ0v) is 19.7. The van der Waals surface area contributed by atoms with E-state index in [0.29, 0.717) is 16.3 Å². The normalized spacial score (nSPS) is 14.6. The average Bonchev–Trinajstić information content (AvgIpc) is 3.39. The van der Waals surface area contributed by atoms with Gasteiger partial charge in [-0.05, 0) is 51.1 Å². The summed E-state index contributed by atoms with van der Waals surface area (Å²) in [5.74, 6) is -1.38. The van der Waals surface area contributed by atoms with Crippen LogP contribution in [0.1, 0.15) is 29.2 Å². The van der Waals surface area contributed by atoms with Gasteiger partial charge in [-0.1, -0.05) is 30.3 Å². The molecule has 1 aliphatic heterocycles. The van der Waals surface area contributed by atoms with E-state index in [0.717, 1.165) is 21.6 Å². The maximum atomic E-state index is 13.1. The molecule has 0 saturated heterocycles. The predicted molar refractivity (Wildman–Crippen MR) is 131 cm³/mol. The SMILES string of the molecule is Cc1nn(-c2ccccc2)c2sc(C(=O)OCC(=O)N3c4ccccc4NC(=O)C3(C)C)cc12. The summed E-state index contributed by atoms with van der Waals surface area (Å²) >= 11 is 1.26. The van der Waals surface area contributed by atoms with Crippen LogP contribution in [0.5, 0.6) is 0 Å². The van der Waals surface area contributed by atoms with Crippen LogP contribution >= 0.6 is 11.3 Å². The molecule has 4 aromatic rings. The third-order valence-electron chi connectivity index (χ3n) is 5.83. The molecule has 34 heavy (non-hydrogen) atoms. The van der Waals surface area contributed by atoms with Crippen molar-refractivity contribution < 1.29 is 19.1 Å². The van der Waals surface area contributed by atoms with Gasteiger partial charge in [-0.25, -0.2) is 9.48 Å². The zero-order chi connectivity index (χ0) is 24.0. The molecule has 1 N–H and O–H groups in total. The van der Waals surface area contributed by atoms with E-state index in [9.17, 15) is 14.4 Å². The minimum atomic E-state index is -1.13. The molecule has 1 aliphatic rings. The van der Waals surface area contributed by atoms with Crippen LogP contribution in [0.3, 0.4) is 0 Å². The average molecular weight is 475 g/mol. The van der Waals surface area contributed by atoms with E-state index in [2.05, 4.69) is 10.4 Å². The Morgan fingerprint density at radius 2 is 1.79 bits per heavy atom. The summed E-state index contributed by atoms with van der Waals surface area (Å²) in [7, 11) is 0. The van der Waals surface area contributed by atoms with Crippen LogP contribution in [0.2, 0.25) is 0 Å². The fourth-order valence-electron chi connectivity index (χ4n) is 4.05. The van der Waals surface area contributed by atoms with Crippen molar-refractivity contribution in [1.82, 2.24) is 9.78 Å². The number of nitrogens with zero attached hydrogens (tertiary/aromatic N) is 3. The molecule has 0 aliphatic carbocycles. The third kappa shape index (κ3) is 3.54. The van der Waals surface area contributed by atoms with Gasteiger partial charge in [-0.15, -0.1) is 11.3 Å². The molecule has 0 unspecified atom stereocenters. The number of aromatic nitrogens is 2. The van der Waals surface area contributed by atoms with Crippen molar-refractivity contribution in [3.63, 3.8) is 0 Å². The number of fused-ring (bicyclic) bond motifs is 2. The van der Waals surface area contributed by atoms with Gasteiger partial charge in [0.15, 0.2) is 6.61 Å². The number of amides is 2. The van der Waals surface area contributed by atoms with Crippen molar-refractivity contribution in [3.05, 3.63) is 71.2 Å². The number of anilines is 2. The number of carbonyl (C=O) groups is 3. The van der Waals surface area contributed by atoms with E-state index in [4.69, 9.17) is 4.74 Å². The Morgan fingerprint density at radius 1 is 1.09 bits per heavy atom. The van der Waals surface area contributed by atoms with E-state index < -0.39 is 24.0 Å². The molecular formula is C25H22N4O4S. The number of benzene rings is 2. The lowest BCUT2D eigenvalue weighted by Crippen LogP contribution is -2.59. The molecule has 0 fully saturated rings. The van der Waals surface area contributed by atoms with Crippen LogP contribution in [0.25, 0.3) is 15.9 Å². The highest BCUT2D eigenvalue weighted by Gasteiger charge is 2.43. The van der Waals surface area contributed by atoms with Crippen LogP contribution in [0.15, 0.2) is 60.7 Å². The Morgan fingerprint density at radius 3 is 2.56 bits per heavy atom. The van der Waals surface area contributed by atoms with Gasteiger partial charge < -0.3 is 10.1 Å². The van der Waals surface area contributed by atoms with Crippen molar-refractivity contribution >= 4 is 50.7 Å². The number of nitrogens with one attached hydrogen (secondary N) is 1. The molecule has 0 saturated carbocycles. The molecule has 2 aromatic carbocycles. The van der Waals surface area contributed by atoms with Crippen LogP contribution < -0.4 is 10.2 Å². The molecule has 9 heteroatoms. The monoisotopic (exact) mass is 474 g/mol. The van der Waals surface area contributed by atoms with Gasteiger partial charge in [0, 0.05) is 5.39 Å². The number of rotatable bonds is 4. The standard InChI is InChI=1S/C25H22N4O4S/c1-15-17-13-20(34-22(17)29(27-15)16-9-5-4-6-10-16)23(31)33-14-21(30)28-19-12-8-7-11-18(19)26-24(32)25(28,2)3/h4-13H,14H2,1-3H3,(H,26,32). The van der Waals surface area contributed by atoms with Crippen LogP contribution in [-0.2, 0) is 14.3 Å². The maximum absolute atomic E-state index is 13.1. The summed E-state index contributed by atoms with van der Waals surface area (Å²) in [6.07, 6.45) is 0. The smallest absolute Gasteiger partial charge is 0.348 e. The van der Waals surface area contributed by atoms with Gasteiger partial charge in [0.1, 0.15) is 15.2 Å². The first-order valence-electron chi connectivity index (χ1n) is 10.7. The number of thiophene rings is 1. The van der Waals surface area contributed by atoms with Gasteiger partial charge >= 0.3 is 5.97 Å². The highest BCUT2D eigenvalue weighted by atomic mass is 32.1. The highest BCUT2D eigenvalue weighted by molar-refractivity contribution is 7.20. The van der Waals surface area contributed by atoms with E-state index in [1.54, 1.807) is 48.9 Å². The Bertz CT molecular complexity index is 1440. The van der Waals surface area contributed by atoms with Crippen molar-refractivity contribution in [1.29, 1.82) is 0 Å². The van der Waals surface area contributed by atoms with E-state index in [-0.39, 0.29) is 5.91 Å². The molecule has 5 rings (SSSR count). The largest absolute Gasteiger partial charge is 0.451 e.